The van der Waals surface area contributed by atoms with Crippen LogP contribution in [0, 0.1) is 0 Å². The van der Waals surface area contributed by atoms with Crippen molar-refractivity contribution in [1.29, 1.82) is 0 Å². The fraction of sp³-hybridized carbons (Fsp3) is 0.306. The predicted octanol–water partition coefficient (Wildman–Crippen LogP) is 5.25. The molecule has 16 nitrogen and oxygen atoms in total. The van der Waals surface area contributed by atoms with E-state index in [9.17, 15) is 33.9 Å². The number of methoxy groups -OCH3 is 1. The van der Waals surface area contributed by atoms with Crippen LogP contribution in [0.2, 0.25) is 0 Å². The highest BCUT2D eigenvalue weighted by Crippen LogP contribution is 2.39. The zero-order valence-corrected chi connectivity index (χ0v) is 36.9. The first-order valence-corrected chi connectivity index (χ1v) is 21.2. The molecular weight excluding hydrogens is 831 g/mol. The highest BCUT2D eigenvalue weighted by atomic mass is 16.5. The second kappa shape index (κ2) is 18.3. The van der Waals surface area contributed by atoms with Gasteiger partial charge in [0, 0.05) is 109 Å². The van der Waals surface area contributed by atoms with Crippen LogP contribution in [0.4, 0.5) is 11.4 Å². The summed E-state index contributed by atoms with van der Waals surface area (Å²) in [4.78, 5) is 89.7. The number of benzene rings is 2. The topological polar surface area (TPSA) is 189 Å². The van der Waals surface area contributed by atoms with Gasteiger partial charge < -0.3 is 32.8 Å². The number of aryl methyl sites for hydroxylation is 4. The molecule has 2 aromatic carbocycles. The summed E-state index contributed by atoms with van der Waals surface area (Å²) < 4.78 is 17.4. The van der Waals surface area contributed by atoms with Crippen molar-refractivity contribution in [1.82, 2.24) is 23.3 Å². The molecule has 1 atom stereocenters. The number of imidazole rings is 1. The molecule has 65 heavy (non-hydrogen) atoms. The van der Waals surface area contributed by atoms with Gasteiger partial charge in [-0.15, -0.1) is 0 Å². The Kier molecular flexibility index (Phi) is 12.5. The number of carbonyl (C=O) groups is 6. The number of anilines is 1. The molecule has 334 valence electrons. The maximum atomic E-state index is 13.7. The Hall–Kier alpha value is -7.46. The second-order valence-corrected chi connectivity index (χ2v) is 16.6. The Morgan fingerprint density at radius 1 is 0.754 bits per heavy atom. The van der Waals surface area contributed by atoms with E-state index in [4.69, 9.17) is 9.47 Å². The molecule has 4 aromatic heterocycles. The quantitative estimate of drug-likeness (QED) is 0.0679. The summed E-state index contributed by atoms with van der Waals surface area (Å²) in [6.07, 6.45) is 10.0. The Balaban J connectivity index is 0.822. The zero-order chi connectivity index (χ0) is 46.1. The molecule has 16 heteroatoms. The lowest BCUT2D eigenvalue weighted by Gasteiger charge is -2.22. The zero-order valence-electron chi connectivity index (χ0n) is 36.9. The summed E-state index contributed by atoms with van der Waals surface area (Å²) in [5.74, 6) is -0.822. The number of nitrogens with zero attached hydrogens (tertiary/aromatic N) is 7. The predicted molar refractivity (Wildman–Crippen MR) is 240 cm³/mol. The van der Waals surface area contributed by atoms with Crippen LogP contribution in [0.25, 0.3) is 0 Å². The molecule has 0 saturated heterocycles. The number of amides is 1. The van der Waals surface area contributed by atoms with Crippen LogP contribution < -0.4 is 9.64 Å². The van der Waals surface area contributed by atoms with Crippen LogP contribution in [0.15, 0.2) is 84.4 Å². The van der Waals surface area contributed by atoms with Crippen LogP contribution in [0.1, 0.15) is 98.8 Å². The van der Waals surface area contributed by atoms with Gasteiger partial charge in [-0.25, -0.2) is 9.78 Å². The summed E-state index contributed by atoms with van der Waals surface area (Å²) in [5, 5.41) is 10.2. The molecular formula is C49H49N7O9. The molecule has 0 aliphatic carbocycles. The van der Waals surface area contributed by atoms with E-state index in [0.29, 0.717) is 74.9 Å². The minimum Gasteiger partial charge on any atom is -0.493 e. The van der Waals surface area contributed by atoms with Crippen molar-refractivity contribution in [3.8, 4) is 5.75 Å². The minimum absolute atomic E-state index is 0.0110. The molecule has 1 amide bonds. The second-order valence-electron chi connectivity index (χ2n) is 16.6. The van der Waals surface area contributed by atoms with E-state index in [2.05, 4.69) is 9.98 Å². The third kappa shape index (κ3) is 9.15. The van der Waals surface area contributed by atoms with Crippen LogP contribution in [-0.2, 0) is 76.4 Å². The summed E-state index contributed by atoms with van der Waals surface area (Å²) in [7, 11) is 8.15. The van der Waals surface area contributed by atoms with Crippen LogP contribution in [-0.4, -0.2) is 89.3 Å². The molecule has 0 fully saturated rings. The number of ketones is 4. The lowest BCUT2D eigenvalue weighted by atomic mass is 10.1. The van der Waals surface area contributed by atoms with Crippen molar-refractivity contribution in [3.05, 3.63) is 141 Å². The van der Waals surface area contributed by atoms with Gasteiger partial charge in [0.25, 0.3) is 5.91 Å². The smallest absolute Gasteiger partial charge is 0.354 e. The van der Waals surface area contributed by atoms with Crippen molar-refractivity contribution >= 4 is 52.6 Å². The number of aromatic nitrogens is 5. The largest absolute Gasteiger partial charge is 0.493 e. The van der Waals surface area contributed by atoms with Gasteiger partial charge in [0.2, 0.25) is 5.78 Å². The Morgan fingerprint density at radius 3 is 2.08 bits per heavy atom. The number of ether oxygens (including phenoxy) is 2. The molecule has 2 aliphatic rings. The molecule has 0 saturated carbocycles. The Labute approximate surface area is 374 Å². The summed E-state index contributed by atoms with van der Waals surface area (Å²) in [6, 6.07) is 15.9. The molecule has 0 radical (unpaired) electrons. The van der Waals surface area contributed by atoms with E-state index >= 15 is 0 Å². The van der Waals surface area contributed by atoms with Gasteiger partial charge in [0.05, 0.1) is 61.1 Å². The van der Waals surface area contributed by atoms with Gasteiger partial charge in [-0.2, -0.15) is 0 Å². The number of carbonyl (C=O) groups excluding carboxylic acids is 6. The van der Waals surface area contributed by atoms with Gasteiger partial charge in [-0.1, -0.05) is 18.2 Å². The highest BCUT2D eigenvalue weighted by molar-refractivity contribution is 6.14. The number of aliphatic hydroxyl groups is 1. The number of rotatable bonds is 18. The van der Waals surface area contributed by atoms with Gasteiger partial charge >= 0.3 is 5.97 Å². The number of hydrogen-bond donors (Lipinski definition) is 1. The molecule has 1 N–H and O–H groups in total. The average Bonchev–Trinajstić information content (AvgIpc) is 4.09. The summed E-state index contributed by atoms with van der Waals surface area (Å²) in [5.41, 5.74) is 6.79. The number of aliphatic imine (C=N–C) groups is 1. The summed E-state index contributed by atoms with van der Waals surface area (Å²) in [6.45, 7) is -0.139. The van der Waals surface area contributed by atoms with Gasteiger partial charge in [0.1, 0.15) is 17.2 Å². The molecule has 6 aromatic rings. The lowest BCUT2D eigenvalue weighted by molar-refractivity contribution is -0.118. The number of Topliss-reactive ketones (excluding diaryl/α,β-unsaturated/α-hetero) is 4. The number of hydrogen-bond acceptors (Lipinski definition) is 11. The van der Waals surface area contributed by atoms with Gasteiger partial charge in [-0.05, 0) is 59.0 Å². The number of aliphatic hydroxyl groups excluding tert-OH is 1. The Bertz CT molecular complexity index is 2930. The first-order valence-electron chi connectivity index (χ1n) is 21.2. The summed E-state index contributed by atoms with van der Waals surface area (Å²) >= 11 is 0. The molecule has 6 heterocycles. The Morgan fingerprint density at radius 2 is 1.38 bits per heavy atom. The van der Waals surface area contributed by atoms with Crippen molar-refractivity contribution in [2.45, 2.75) is 57.6 Å². The standard InChI is InChI=1S/C49H49N7O9/c1-52-24-29(13-36(58)10-8-12-65-46-22-38-37(20-33(46)28-57)48(62)56-35(23-50-38)19-32-9-6-7-11-39(32)56)14-41(52)44(60)21-34-27-55(4)47(51-34)45(61)18-30-15-40(53(2)25-30)43(59)17-31-16-42(49(63)64-5)54(3)26-31/h6-7,9,11,14-16,20,22-27,35,57H,8,10,12-13,17-19,21,28H2,1-5H3. The molecule has 0 spiro atoms. The average molecular weight is 880 g/mol. The van der Waals surface area contributed by atoms with E-state index < -0.39 is 5.97 Å². The van der Waals surface area contributed by atoms with E-state index in [1.54, 1.807) is 113 Å². The van der Waals surface area contributed by atoms with E-state index in [-0.39, 0.29) is 86.2 Å². The normalized spacial score (nSPS) is 13.9. The monoisotopic (exact) mass is 879 g/mol. The fourth-order valence-electron chi connectivity index (χ4n) is 8.73. The van der Waals surface area contributed by atoms with Crippen LogP contribution in [0.5, 0.6) is 5.75 Å². The van der Waals surface area contributed by atoms with Crippen LogP contribution in [0.3, 0.4) is 0 Å². The van der Waals surface area contributed by atoms with Crippen LogP contribution >= 0.6 is 0 Å². The first-order chi connectivity index (χ1) is 31.2. The maximum Gasteiger partial charge on any atom is 0.354 e. The molecule has 8 rings (SSSR count). The fourth-order valence-corrected chi connectivity index (χ4v) is 8.73. The number of esters is 1. The third-order valence-electron chi connectivity index (χ3n) is 11.9. The lowest BCUT2D eigenvalue weighted by Crippen LogP contribution is -2.37. The molecule has 0 bridgehead atoms. The number of para-hydroxylation sites is 1. The van der Waals surface area contributed by atoms with Crippen molar-refractivity contribution in [2.24, 2.45) is 33.2 Å². The maximum absolute atomic E-state index is 13.7. The highest BCUT2D eigenvalue weighted by Gasteiger charge is 2.36. The molecule has 2 aliphatic heterocycles. The van der Waals surface area contributed by atoms with Gasteiger partial charge in [0.15, 0.2) is 17.4 Å². The van der Waals surface area contributed by atoms with E-state index in [1.165, 1.54) is 7.11 Å². The SMILES string of the molecule is COC(=O)c1cc(CC(=O)c2cc(CC(=O)c3nc(CC(=O)c4cc(CC(=O)CCCOc5cc6c(cc5CO)C(=O)N5c7ccccc7CC5C=N6)cn4C)cn3C)cn2C)cn1C. The van der Waals surface area contributed by atoms with Crippen molar-refractivity contribution in [3.63, 3.8) is 0 Å². The minimum atomic E-state index is -0.496. The van der Waals surface area contributed by atoms with Crippen molar-refractivity contribution in [2.75, 3.05) is 18.6 Å². The van der Waals surface area contributed by atoms with Gasteiger partial charge in [-0.3, -0.25) is 33.9 Å². The van der Waals surface area contributed by atoms with E-state index in [0.717, 1.165) is 11.3 Å². The first kappa shape index (κ1) is 44.2. The molecule has 1 unspecified atom stereocenters. The number of fused-ring (bicyclic) bond motifs is 4. The third-order valence-corrected chi connectivity index (χ3v) is 11.9. The van der Waals surface area contributed by atoms with E-state index in [1.807, 2.05) is 24.3 Å². The van der Waals surface area contributed by atoms with Crippen molar-refractivity contribution < 1.29 is 43.3 Å².